The van der Waals surface area contributed by atoms with Gasteiger partial charge in [-0.2, -0.15) is 0 Å². The minimum Gasteiger partial charge on any atom is -0.496 e. The van der Waals surface area contributed by atoms with Crippen LogP contribution in [0.4, 0.5) is 5.69 Å². The van der Waals surface area contributed by atoms with E-state index in [0.29, 0.717) is 5.56 Å². The molecule has 0 spiro atoms. The van der Waals surface area contributed by atoms with E-state index < -0.39 is 5.97 Å². The molecule has 2 aromatic carbocycles. The molecule has 0 aliphatic heterocycles. The van der Waals surface area contributed by atoms with Gasteiger partial charge in [-0.05, 0) is 48.7 Å². The molecule has 0 fully saturated rings. The third-order valence-electron chi connectivity index (χ3n) is 3.38. The average Bonchev–Trinajstić information content (AvgIpc) is 2.49. The summed E-state index contributed by atoms with van der Waals surface area (Å²) in [7, 11) is 1.67. The smallest absolute Gasteiger partial charge is 0.335 e. The summed E-state index contributed by atoms with van der Waals surface area (Å²) in [6.45, 7) is 2.66. The van der Waals surface area contributed by atoms with Crippen LogP contribution in [0, 0.1) is 6.92 Å². The Morgan fingerprint density at radius 3 is 2.67 bits per heavy atom. The van der Waals surface area contributed by atoms with Gasteiger partial charge in [-0.1, -0.05) is 18.2 Å². The number of benzene rings is 2. The van der Waals surface area contributed by atoms with E-state index in [-0.39, 0.29) is 0 Å². The molecule has 21 heavy (non-hydrogen) atoms. The van der Waals surface area contributed by atoms with E-state index in [2.05, 4.69) is 5.32 Å². The summed E-state index contributed by atoms with van der Waals surface area (Å²) in [4.78, 5) is 10.9. The maximum absolute atomic E-state index is 10.9. The van der Waals surface area contributed by atoms with Crippen LogP contribution in [0.3, 0.4) is 0 Å². The largest absolute Gasteiger partial charge is 0.496 e. The van der Waals surface area contributed by atoms with E-state index in [1.54, 1.807) is 25.3 Å². The van der Waals surface area contributed by atoms with E-state index in [1.165, 1.54) is 0 Å². The summed E-state index contributed by atoms with van der Waals surface area (Å²) >= 11 is 0. The summed E-state index contributed by atoms with van der Waals surface area (Å²) in [5.74, 6) is -0.0177. The molecule has 2 rings (SSSR count). The zero-order valence-corrected chi connectivity index (χ0v) is 12.2. The Bertz CT molecular complexity index is 638. The maximum Gasteiger partial charge on any atom is 0.335 e. The molecule has 0 amide bonds. The highest BCUT2D eigenvalue weighted by atomic mass is 16.5. The summed E-state index contributed by atoms with van der Waals surface area (Å²) < 4.78 is 5.32. The van der Waals surface area contributed by atoms with Crippen LogP contribution in [-0.2, 0) is 6.42 Å². The van der Waals surface area contributed by atoms with Gasteiger partial charge in [0.15, 0.2) is 0 Å². The SMILES string of the molecule is COc1ccccc1CCNc1ccc(C(=O)O)cc1C. The first-order chi connectivity index (χ1) is 10.1. The third kappa shape index (κ3) is 3.75. The second-order valence-corrected chi connectivity index (χ2v) is 4.82. The normalized spacial score (nSPS) is 10.2. The molecule has 0 radical (unpaired) electrons. The number of para-hydroxylation sites is 1. The highest BCUT2D eigenvalue weighted by Crippen LogP contribution is 2.19. The topological polar surface area (TPSA) is 58.6 Å². The van der Waals surface area contributed by atoms with Crippen molar-refractivity contribution in [1.82, 2.24) is 0 Å². The highest BCUT2D eigenvalue weighted by molar-refractivity contribution is 5.88. The van der Waals surface area contributed by atoms with E-state index in [9.17, 15) is 4.79 Å². The number of carboxylic acids is 1. The number of aryl methyl sites for hydroxylation is 1. The van der Waals surface area contributed by atoms with Gasteiger partial charge in [0.25, 0.3) is 0 Å². The molecular formula is C17H19NO3. The van der Waals surface area contributed by atoms with Crippen LogP contribution < -0.4 is 10.1 Å². The van der Waals surface area contributed by atoms with Gasteiger partial charge in [0, 0.05) is 12.2 Å². The van der Waals surface area contributed by atoms with Crippen molar-refractivity contribution in [3.05, 3.63) is 59.2 Å². The minimum absolute atomic E-state index is 0.308. The molecular weight excluding hydrogens is 266 g/mol. The lowest BCUT2D eigenvalue weighted by Crippen LogP contribution is -2.07. The Balaban J connectivity index is 1.99. The summed E-state index contributed by atoms with van der Waals surface area (Å²) in [6, 6.07) is 13.0. The Morgan fingerprint density at radius 2 is 2.00 bits per heavy atom. The van der Waals surface area contributed by atoms with Crippen molar-refractivity contribution < 1.29 is 14.6 Å². The zero-order valence-electron chi connectivity index (χ0n) is 12.2. The Morgan fingerprint density at radius 1 is 1.24 bits per heavy atom. The third-order valence-corrected chi connectivity index (χ3v) is 3.38. The van der Waals surface area contributed by atoms with E-state index >= 15 is 0 Å². The van der Waals surface area contributed by atoms with Crippen molar-refractivity contribution >= 4 is 11.7 Å². The second-order valence-electron chi connectivity index (χ2n) is 4.82. The maximum atomic E-state index is 10.9. The van der Waals surface area contributed by atoms with Crippen LogP contribution in [0.15, 0.2) is 42.5 Å². The fourth-order valence-electron chi connectivity index (χ4n) is 2.24. The van der Waals surface area contributed by atoms with Gasteiger partial charge in [0.1, 0.15) is 5.75 Å². The van der Waals surface area contributed by atoms with Crippen molar-refractivity contribution in [3.63, 3.8) is 0 Å². The number of hydrogen-bond acceptors (Lipinski definition) is 3. The van der Waals surface area contributed by atoms with Crippen LogP contribution in [-0.4, -0.2) is 24.7 Å². The summed E-state index contributed by atoms with van der Waals surface area (Å²) in [6.07, 6.45) is 0.837. The molecule has 4 heteroatoms. The van der Waals surface area contributed by atoms with Crippen molar-refractivity contribution in [2.45, 2.75) is 13.3 Å². The molecule has 0 aliphatic rings. The highest BCUT2D eigenvalue weighted by Gasteiger charge is 2.06. The quantitative estimate of drug-likeness (QED) is 0.854. The Labute approximate surface area is 124 Å². The zero-order chi connectivity index (χ0) is 15.2. The lowest BCUT2D eigenvalue weighted by atomic mass is 10.1. The van der Waals surface area contributed by atoms with Gasteiger partial charge in [0.05, 0.1) is 12.7 Å². The number of anilines is 1. The molecule has 110 valence electrons. The number of ether oxygens (including phenoxy) is 1. The summed E-state index contributed by atoms with van der Waals surface area (Å²) in [5.41, 5.74) is 3.33. The standard InChI is InChI=1S/C17H19NO3/c1-12-11-14(17(19)20)7-8-15(12)18-10-9-13-5-3-4-6-16(13)21-2/h3-8,11,18H,9-10H2,1-2H3,(H,19,20). The van der Waals surface area contributed by atoms with Gasteiger partial charge >= 0.3 is 5.97 Å². The number of nitrogens with one attached hydrogen (secondary N) is 1. The number of methoxy groups -OCH3 is 1. The second kappa shape index (κ2) is 6.79. The first-order valence-electron chi connectivity index (χ1n) is 6.81. The van der Waals surface area contributed by atoms with E-state index in [1.807, 2.05) is 31.2 Å². The number of carbonyl (C=O) groups is 1. The molecule has 0 saturated heterocycles. The molecule has 2 aromatic rings. The van der Waals surface area contributed by atoms with Gasteiger partial charge in [-0.25, -0.2) is 4.79 Å². The molecule has 0 saturated carbocycles. The van der Waals surface area contributed by atoms with E-state index in [0.717, 1.165) is 35.5 Å². The van der Waals surface area contributed by atoms with Crippen molar-refractivity contribution in [1.29, 1.82) is 0 Å². The fraction of sp³-hybridized carbons (Fsp3) is 0.235. The van der Waals surface area contributed by atoms with Gasteiger partial charge in [0.2, 0.25) is 0 Å². The fourth-order valence-corrected chi connectivity index (χ4v) is 2.24. The molecule has 0 aliphatic carbocycles. The number of aromatic carboxylic acids is 1. The van der Waals surface area contributed by atoms with Crippen LogP contribution >= 0.6 is 0 Å². The van der Waals surface area contributed by atoms with Crippen molar-refractivity contribution in [2.75, 3.05) is 19.0 Å². The molecule has 2 N–H and O–H groups in total. The first kappa shape index (κ1) is 14.9. The molecule has 0 unspecified atom stereocenters. The van der Waals surface area contributed by atoms with E-state index in [4.69, 9.17) is 9.84 Å². The summed E-state index contributed by atoms with van der Waals surface area (Å²) in [5, 5.41) is 12.3. The number of hydrogen-bond donors (Lipinski definition) is 2. The van der Waals surface area contributed by atoms with Gasteiger partial charge in [-0.3, -0.25) is 0 Å². The van der Waals surface area contributed by atoms with Gasteiger partial charge in [-0.15, -0.1) is 0 Å². The number of rotatable bonds is 6. The molecule has 4 nitrogen and oxygen atoms in total. The monoisotopic (exact) mass is 285 g/mol. The average molecular weight is 285 g/mol. The predicted octanol–water partition coefficient (Wildman–Crippen LogP) is 3.36. The lowest BCUT2D eigenvalue weighted by molar-refractivity contribution is 0.0697. The molecule has 0 heterocycles. The Hall–Kier alpha value is -2.49. The lowest BCUT2D eigenvalue weighted by Gasteiger charge is -2.12. The molecule has 0 bridgehead atoms. The van der Waals surface area contributed by atoms with Gasteiger partial charge < -0.3 is 15.2 Å². The van der Waals surface area contributed by atoms with Crippen LogP contribution in [0.2, 0.25) is 0 Å². The molecule has 0 atom stereocenters. The first-order valence-corrected chi connectivity index (χ1v) is 6.81. The van der Waals surface area contributed by atoms with Crippen LogP contribution in [0.25, 0.3) is 0 Å². The Kier molecular flexibility index (Phi) is 4.82. The van der Waals surface area contributed by atoms with Crippen molar-refractivity contribution in [2.24, 2.45) is 0 Å². The molecule has 0 aromatic heterocycles. The van der Waals surface area contributed by atoms with Crippen LogP contribution in [0.5, 0.6) is 5.75 Å². The van der Waals surface area contributed by atoms with Crippen LogP contribution in [0.1, 0.15) is 21.5 Å². The number of carboxylic acid groups (broad SMARTS) is 1. The minimum atomic E-state index is -0.904. The van der Waals surface area contributed by atoms with Crippen molar-refractivity contribution in [3.8, 4) is 5.75 Å². The predicted molar refractivity (Wildman–Crippen MR) is 83.3 cm³/mol.